The predicted molar refractivity (Wildman–Crippen MR) is 97.1 cm³/mol. The maximum atomic E-state index is 11.1. The molecule has 0 heterocycles. The third-order valence-electron chi connectivity index (χ3n) is 3.89. The fourth-order valence-electron chi connectivity index (χ4n) is 2.37. The Morgan fingerprint density at radius 1 is 1.42 bits per heavy atom. The Hall–Kier alpha value is -2.08. The first-order valence-electron chi connectivity index (χ1n) is 8.44. The van der Waals surface area contributed by atoms with E-state index >= 15 is 0 Å². The Labute approximate surface area is 144 Å². The van der Waals surface area contributed by atoms with Crippen molar-refractivity contribution in [3.05, 3.63) is 29.8 Å². The predicted octanol–water partition coefficient (Wildman–Crippen LogP) is 2.08. The summed E-state index contributed by atoms with van der Waals surface area (Å²) in [6, 6.07) is 7.79. The number of likely N-dealkylation sites (N-methyl/N-ethyl adjacent to an activating group) is 1. The highest BCUT2D eigenvalue weighted by Gasteiger charge is 2.21. The van der Waals surface area contributed by atoms with Crippen LogP contribution in [0.15, 0.2) is 29.3 Å². The molecule has 1 saturated carbocycles. The maximum absolute atomic E-state index is 11.1. The highest BCUT2D eigenvalue weighted by molar-refractivity contribution is 5.88. The van der Waals surface area contributed by atoms with E-state index in [0.29, 0.717) is 13.2 Å². The Morgan fingerprint density at radius 2 is 2.21 bits per heavy atom. The minimum Gasteiger partial charge on any atom is -0.379 e. The lowest BCUT2D eigenvalue weighted by Gasteiger charge is -2.22. The van der Waals surface area contributed by atoms with Gasteiger partial charge in [-0.1, -0.05) is 12.1 Å². The minimum atomic E-state index is -0.0677. The summed E-state index contributed by atoms with van der Waals surface area (Å²) in [5, 5.41) is 6.13. The number of guanidine groups is 1. The van der Waals surface area contributed by atoms with Crippen LogP contribution in [0.4, 0.5) is 5.69 Å². The van der Waals surface area contributed by atoms with E-state index in [0.717, 1.165) is 36.3 Å². The highest BCUT2D eigenvalue weighted by atomic mass is 16.5. The van der Waals surface area contributed by atoms with E-state index in [2.05, 4.69) is 20.5 Å². The van der Waals surface area contributed by atoms with Crippen LogP contribution in [0.1, 0.15) is 25.3 Å². The first-order valence-corrected chi connectivity index (χ1v) is 8.44. The number of anilines is 1. The zero-order valence-corrected chi connectivity index (χ0v) is 14.8. The normalized spacial score (nSPS) is 14.4. The average molecular weight is 332 g/mol. The average Bonchev–Trinajstić information content (AvgIpc) is 3.36. The van der Waals surface area contributed by atoms with E-state index in [1.807, 2.05) is 31.3 Å². The zero-order chi connectivity index (χ0) is 17.4. The molecule has 0 unspecified atom stereocenters. The lowest BCUT2D eigenvalue weighted by molar-refractivity contribution is -0.114. The summed E-state index contributed by atoms with van der Waals surface area (Å²) in [4.78, 5) is 17.5. The fraction of sp³-hybridized carbons (Fsp3) is 0.556. The van der Waals surface area contributed by atoms with Crippen LogP contribution in [0.2, 0.25) is 0 Å². The summed E-state index contributed by atoms with van der Waals surface area (Å²) in [5.41, 5.74) is 1.89. The Balaban J connectivity index is 1.76. The molecule has 0 atom stereocenters. The Kier molecular flexibility index (Phi) is 7.06. The molecule has 2 N–H and O–H groups in total. The van der Waals surface area contributed by atoms with Crippen LogP contribution in [-0.2, 0) is 16.1 Å². The van der Waals surface area contributed by atoms with Crippen molar-refractivity contribution in [1.82, 2.24) is 10.2 Å². The quantitative estimate of drug-likeness (QED) is 0.434. The molecular weight excluding hydrogens is 304 g/mol. The molecule has 0 aliphatic heterocycles. The zero-order valence-electron chi connectivity index (χ0n) is 14.8. The van der Waals surface area contributed by atoms with Gasteiger partial charge < -0.3 is 20.3 Å². The first-order chi connectivity index (χ1) is 11.6. The molecule has 24 heavy (non-hydrogen) atoms. The summed E-state index contributed by atoms with van der Waals surface area (Å²) in [5.74, 6) is 1.56. The van der Waals surface area contributed by atoms with Gasteiger partial charge in [-0.05, 0) is 36.5 Å². The number of aliphatic imine (C=N–C) groups is 1. The summed E-state index contributed by atoms with van der Waals surface area (Å²) >= 11 is 0. The van der Waals surface area contributed by atoms with Gasteiger partial charge in [0.05, 0.1) is 6.61 Å². The Bertz CT molecular complexity index is 570. The summed E-state index contributed by atoms with van der Waals surface area (Å²) in [6.45, 7) is 4.56. The van der Waals surface area contributed by atoms with Gasteiger partial charge >= 0.3 is 0 Å². The third-order valence-corrected chi connectivity index (χ3v) is 3.89. The van der Waals surface area contributed by atoms with Crippen molar-refractivity contribution in [2.75, 3.05) is 39.2 Å². The maximum Gasteiger partial charge on any atom is 0.221 e. The number of nitrogens with one attached hydrogen (secondary N) is 2. The van der Waals surface area contributed by atoms with Crippen molar-refractivity contribution in [1.29, 1.82) is 0 Å². The Morgan fingerprint density at radius 3 is 2.88 bits per heavy atom. The van der Waals surface area contributed by atoms with Gasteiger partial charge in [-0.15, -0.1) is 0 Å². The largest absolute Gasteiger partial charge is 0.379 e. The molecule has 1 aliphatic carbocycles. The topological polar surface area (TPSA) is 66.0 Å². The second-order valence-corrected chi connectivity index (χ2v) is 6.22. The van der Waals surface area contributed by atoms with Gasteiger partial charge in [0.25, 0.3) is 0 Å². The SMILES string of the molecule is CN=C(NCc1cccc(NC(C)=O)c1)N(C)CCOCC1CC1. The lowest BCUT2D eigenvalue weighted by Crippen LogP contribution is -2.40. The van der Waals surface area contributed by atoms with Gasteiger partial charge in [0.15, 0.2) is 5.96 Å². The number of rotatable bonds is 8. The van der Waals surface area contributed by atoms with Crippen LogP contribution in [0.3, 0.4) is 0 Å². The van der Waals surface area contributed by atoms with E-state index in [-0.39, 0.29) is 5.91 Å². The van der Waals surface area contributed by atoms with E-state index in [1.165, 1.54) is 19.8 Å². The molecule has 0 saturated heterocycles. The molecule has 0 spiro atoms. The number of carbonyl (C=O) groups is 1. The van der Waals surface area contributed by atoms with E-state index < -0.39 is 0 Å². The monoisotopic (exact) mass is 332 g/mol. The molecule has 132 valence electrons. The van der Waals surface area contributed by atoms with Crippen molar-refractivity contribution >= 4 is 17.6 Å². The van der Waals surface area contributed by atoms with Gasteiger partial charge in [0.1, 0.15) is 0 Å². The number of nitrogens with zero attached hydrogens (tertiary/aromatic N) is 2. The summed E-state index contributed by atoms with van der Waals surface area (Å²) < 4.78 is 5.67. The number of hydrogen-bond acceptors (Lipinski definition) is 3. The molecule has 0 radical (unpaired) electrons. The van der Waals surface area contributed by atoms with E-state index in [4.69, 9.17) is 4.74 Å². The molecule has 1 aromatic carbocycles. The second kappa shape index (κ2) is 9.27. The standard InChI is InChI=1S/C18H28N4O2/c1-14(23)21-17-6-4-5-16(11-17)12-20-18(19-2)22(3)9-10-24-13-15-7-8-15/h4-6,11,15H,7-10,12-13H2,1-3H3,(H,19,20)(H,21,23). The molecule has 1 amide bonds. The van der Waals surface area contributed by atoms with E-state index in [9.17, 15) is 4.79 Å². The molecule has 2 rings (SSSR count). The van der Waals surface area contributed by atoms with Gasteiger partial charge in [0.2, 0.25) is 5.91 Å². The lowest BCUT2D eigenvalue weighted by atomic mass is 10.2. The van der Waals surface area contributed by atoms with E-state index in [1.54, 1.807) is 7.05 Å². The molecule has 0 aromatic heterocycles. The van der Waals surface area contributed by atoms with Crippen molar-refractivity contribution < 1.29 is 9.53 Å². The van der Waals surface area contributed by atoms with Crippen molar-refractivity contribution in [2.45, 2.75) is 26.3 Å². The second-order valence-electron chi connectivity index (χ2n) is 6.22. The number of benzene rings is 1. The smallest absolute Gasteiger partial charge is 0.221 e. The third kappa shape index (κ3) is 6.58. The van der Waals surface area contributed by atoms with Crippen LogP contribution in [0.5, 0.6) is 0 Å². The van der Waals surface area contributed by atoms with Crippen LogP contribution in [0.25, 0.3) is 0 Å². The number of hydrogen-bond donors (Lipinski definition) is 2. The number of amides is 1. The molecule has 1 aliphatic rings. The van der Waals surface area contributed by atoms with Crippen molar-refractivity contribution in [3.63, 3.8) is 0 Å². The van der Waals surface area contributed by atoms with Gasteiger partial charge in [-0.2, -0.15) is 0 Å². The minimum absolute atomic E-state index is 0.0677. The van der Waals surface area contributed by atoms with Gasteiger partial charge in [-0.3, -0.25) is 9.79 Å². The van der Waals surface area contributed by atoms with Crippen LogP contribution in [0, 0.1) is 5.92 Å². The van der Waals surface area contributed by atoms with Crippen molar-refractivity contribution in [3.8, 4) is 0 Å². The fourth-order valence-corrected chi connectivity index (χ4v) is 2.37. The summed E-state index contributed by atoms with van der Waals surface area (Å²) in [7, 11) is 3.78. The van der Waals surface area contributed by atoms with Gasteiger partial charge in [-0.25, -0.2) is 0 Å². The van der Waals surface area contributed by atoms with Crippen LogP contribution >= 0.6 is 0 Å². The van der Waals surface area contributed by atoms with Crippen LogP contribution in [-0.4, -0.2) is 50.6 Å². The molecule has 6 heteroatoms. The number of carbonyl (C=O) groups excluding carboxylic acids is 1. The molecule has 6 nitrogen and oxygen atoms in total. The molecule has 1 fully saturated rings. The molecule has 1 aromatic rings. The molecular formula is C18H28N4O2. The first kappa shape index (κ1) is 18.3. The number of ether oxygens (including phenoxy) is 1. The molecule has 0 bridgehead atoms. The van der Waals surface area contributed by atoms with Crippen LogP contribution < -0.4 is 10.6 Å². The highest BCUT2D eigenvalue weighted by Crippen LogP contribution is 2.28. The van der Waals surface area contributed by atoms with Gasteiger partial charge in [0, 0.05) is 46.4 Å². The summed E-state index contributed by atoms with van der Waals surface area (Å²) in [6.07, 6.45) is 2.63. The van der Waals surface area contributed by atoms with Crippen molar-refractivity contribution in [2.24, 2.45) is 10.9 Å².